The average Bonchev–Trinajstić information content (AvgIpc) is 3.16. The summed E-state index contributed by atoms with van der Waals surface area (Å²) < 4.78 is 1.90. The Morgan fingerprint density at radius 3 is 3.07 bits per heavy atom. The Bertz CT molecular complexity index is 864. The summed E-state index contributed by atoms with van der Waals surface area (Å²) in [4.78, 5) is 16.0. The summed E-state index contributed by atoms with van der Waals surface area (Å²) in [5.41, 5.74) is 1.63. The number of piperidine rings is 3. The van der Waals surface area contributed by atoms with Crippen molar-refractivity contribution in [3.63, 3.8) is 0 Å². The number of phenolic OH excluding ortho intramolecular Hbond substituents is 1. The maximum Gasteiger partial charge on any atom is 0.231 e. The van der Waals surface area contributed by atoms with Crippen LogP contribution < -0.4 is 4.90 Å². The number of aromatic hydroxyl groups is 1. The first-order valence-corrected chi connectivity index (χ1v) is 9.95. The normalized spacial score (nSPS) is 26.2. The minimum Gasteiger partial charge on any atom is -0.508 e. The molecule has 1 aromatic carbocycles. The molecule has 2 aromatic rings. The fraction of sp³-hybridized carbons (Fsp3) is 0.476. The van der Waals surface area contributed by atoms with Crippen molar-refractivity contribution in [1.29, 1.82) is 0 Å². The van der Waals surface area contributed by atoms with Gasteiger partial charge in [0, 0.05) is 32.0 Å². The van der Waals surface area contributed by atoms with Crippen molar-refractivity contribution in [2.24, 2.45) is 11.8 Å². The maximum atomic E-state index is 12.7. The van der Waals surface area contributed by atoms with Crippen LogP contribution in [0.25, 0.3) is 11.3 Å². The Kier molecular flexibility index (Phi) is 5.17. The van der Waals surface area contributed by atoms with Crippen LogP contribution in [0, 0.1) is 11.8 Å². The van der Waals surface area contributed by atoms with Crippen molar-refractivity contribution < 1.29 is 14.8 Å². The Morgan fingerprint density at radius 2 is 2.36 bits per heavy atom. The summed E-state index contributed by atoms with van der Waals surface area (Å²) >= 11 is 0. The Hall–Kier alpha value is -2.67. The second kappa shape index (κ2) is 7.75. The molecular weight excluding hydrogens is 354 g/mol. The van der Waals surface area contributed by atoms with Crippen molar-refractivity contribution in [3.8, 4) is 17.0 Å². The lowest BCUT2D eigenvalue weighted by molar-refractivity contribution is -0.945. The molecule has 0 radical (unpaired) electrons. The van der Waals surface area contributed by atoms with Crippen LogP contribution in [0.2, 0.25) is 0 Å². The maximum absolute atomic E-state index is 12.7. The highest BCUT2D eigenvalue weighted by Crippen LogP contribution is 2.29. The molecule has 0 aliphatic carbocycles. The SMILES string of the molecule is C=CCN(C)C(=O)[C@H]1C[NH+]2CC[C@H]1C[C@@H]2Cn1cc(-c2cccc(O)c2)nn1. The molecule has 2 bridgehead atoms. The molecule has 28 heavy (non-hydrogen) atoms. The first kappa shape index (κ1) is 18.7. The van der Waals surface area contributed by atoms with Gasteiger partial charge in [-0.3, -0.25) is 4.79 Å². The minimum absolute atomic E-state index is 0.128. The Morgan fingerprint density at radius 1 is 1.50 bits per heavy atom. The van der Waals surface area contributed by atoms with Gasteiger partial charge in [0.05, 0.1) is 31.7 Å². The summed E-state index contributed by atoms with van der Waals surface area (Å²) in [6, 6.07) is 7.53. The van der Waals surface area contributed by atoms with E-state index in [1.807, 2.05) is 24.0 Å². The predicted molar refractivity (Wildman–Crippen MR) is 106 cm³/mol. The highest BCUT2D eigenvalue weighted by molar-refractivity contribution is 5.79. The number of likely N-dealkylation sites (N-methyl/N-ethyl adjacent to an activating group) is 1. The molecule has 4 heterocycles. The quantitative estimate of drug-likeness (QED) is 0.717. The summed E-state index contributed by atoms with van der Waals surface area (Å²) in [7, 11) is 1.87. The number of hydrogen-bond acceptors (Lipinski definition) is 4. The average molecular weight is 382 g/mol. The summed E-state index contributed by atoms with van der Waals surface area (Å²) in [5.74, 6) is 1.07. The molecule has 7 heteroatoms. The lowest BCUT2D eigenvalue weighted by atomic mass is 9.75. The molecule has 0 saturated carbocycles. The lowest BCUT2D eigenvalue weighted by Crippen LogP contribution is -3.20. The monoisotopic (exact) mass is 382 g/mol. The standard InChI is InChI=1S/C21H27N5O2/c1-3-8-24(2)21(28)19-13-25-9-7-15(19)10-17(25)12-26-14-20(22-23-26)16-5-4-6-18(27)11-16/h3-6,11,14-15,17,19,27H,1,7-10,12-13H2,2H3/p+1/t15-,17+,19-/m0/s1. The van der Waals surface area contributed by atoms with E-state index in [1.165, 1.54) is 4.90 Å². The van der Waals surface area contributed by atoms with Gasteiger partial charge in [0.15, 0.2) is 0 Å². The third-order valence-electron chi connectivity index (χ3n) is 6.24. The van der Waals surface area contributed by atoms with Crippen molar-refractivity contribution in [2.75, 3.05) is 26.7 Å². The predicted octanol–water partition coefficient (Wildman–Crippen LogP) is 0.588. The number of rotatable bonds is 6. The zero-order chi connectivity index (χ0) is 19.7. The van der Waals surface area contributed by atoms with Crippen molar-refractivity contribution in [3.05, 3.63) is 43.1 Å². The number of benzene rings is 1. The molecule has 0 spiro atoms. The van der Waals surface area contributed by atoms with Crippen LogP contribution in [-0.4, -0.2) is 63.6 Å². The van der Waals surface area contributed by atoms with E-state index in [4.69, 9.17) is 0 Å². The topological polar surface area (TPSA) is 75.7 Å². The van der Waals surface area contributed by atoms with Gasteiger partial charge in [0.2, 0.25) is 5.91 Å². The van der Waals surface area contributed by atoms with Crippen LogP contribution in [0.15, 0.2) is 43.1 Å². The number of nitrogens with one attached hydrogen (secondary N) is 1. The molecule has 3 saturated heterocycles. The number of quaternary nitrogens is 1. The number of nitrogens with zero attached hydrogens (tertiary/aromatic N) is 4. The first-order valence-electron chi connectivity index (χ1n) is 9.95. The molecule has 3 aliphatic rings. The number of carbonyl (C=O) groups is 1. The van der Waals surface area contributed by atoms with E-state index < -0.39 is 0 Å². The summed E-state index contributed by atoms with van der Waals surface area (Å²) in [5, 5.41) is 18.2. The van der Waals surface area contributed by atoms with Gasteiger partial charge in [-0.25, -0.2) is 4.68 Å². The Labute approximate surface area is 165 Å². The van der Waals surface area contributed by atoms with Gasteiger partial charge in [-0.15, -0.1) is 11.7 Å². The van der Waals surface area contributed by atoms with Crippen LogP contribution >= 0.6 is 0 Å². The number of aromatic nitrogens is 3. The van der Waals surface area contributed by atoms with E-state index in [2.05, 4.69) is 16.9 Å². The fourth-order valence-corrected chi connectivity index (χ4v) is 4.78. The molecule has 4 atom stereocenters. The van der Waals surface area contributed by atoms with E-state index in [-0.39, 0.29) is 17.6 Å². The van der Waals surface area contributed by atoms with E-state index in [0.717, 1.165) is 43.7 Å². The molecule has 2 N–H and O–H groups in total. The highest BCUT2D eigenvalue weighted by atomic mass is 16.3. The number of amides is 1. The zero-order valence-electron chi connectivity index (χ0n) is 16.3. The van der Waals surface area contributed by atoms with Gasteiger partial charge in [0.25, 0.3) is 0 Å². The van der Waals surface area contributed by atoms with E-state index in [1.54, 1.807) is 29.2 Å². The summed E-state index contributed by atoms with van der Waals surface area (Å²) in [6.45, 7) is 7.18. The highest BCUT2D eigenvalue weighted by Gasteiger charge is 2.47. The third kappa shape index (κ3) is 3.67. The van der Waals surface area contributed by atoms with Gasteiger partial charge in [-0.1, -0.05) is 23.4 Å². The van der Waals surface area contributed by atoms with Gasteiger partial charge in [-0.05, 0) is 18.1 Å². The van der Waals surface area contributed by atoms with Crippen LogP contribution in [0.3, 0.4) is 0 Å². The molecule has 1 amide bonds. The third-order valence-corrected chi connectivity index (χ3v) is 6.24. The van der Waals surface area contributed by atoms with Gasteiger partial charge >= 0.3 is 0 Å². The number of hydrogen-bond donors (Lipinski definition) is 2. The van der Waals surface area contributed by atoms with E-state index >= 15 is 0 Å². The molecule has 7 nitrogen and oxygen atoms in total. The molecule has 3 aliphatic heterocycles. The van der Waals surface area contributed by atoms with E-state index in [9.17, 15) is 9.90 Å². The second-order valence-corrected chi connectivity index (χ2v) is 8.08. The molecule has 148 valence electrons. The second-order valence-electron chi connectivity index (χ2n) is 8.08. The molecule has 1 aromatic heterocycles. The van der Waals surface area contributed by atoms with Crippen molar-refractivity contribution in [1.82, 2.24) is 19.9 Å². The van der Waals surface area contributed by atoms with Crippen LogP contribution in [0.1, 0.15) is 12.8 Å². The zero-order valence-corrected chi connectivity index (χ0v) is 16.3. The first-order chi connectivity index (χ1) is 13.5. The van der Waals surface area contributed by atoms with Crippen LogP contribution in [-0.2, 0) is 11.3 Å². The molecule has 5 rings (SSSR count). The van der Waals surface area contributed by atoms with Crippen LogP contribution in [0.5, 0.6) is 5.75 Å². The van der Waals surface area contributed by atoms with Crippen molar-refractivity contribution in [2.45, 2.75) is 25.4 Å². The lowest BCUT2D eigenvalue weighted by Gasteiger charge is -2.46. The molecular formula is C21H28N5O2+. The number of phenols is 1. The Balaban J connectivity index is 1.41. The smallest absolute Gasteiger partial charge is 0.231 e. The largest absolute Gasteiger partial charge is 0.508 e. The number of carbonyl (C=O) groups excluding carboxylic acids is 1. The van der Waals surface area contributed by atoms with E-state index in [0.29, 0.717) is 18.5 Å². The molecule has 1 unspecified atom stereocenters. The van der Waals surface area contributed by atoms with Gasteiger partial charge < -0.3 is 14.9 Å². The molecule has 3 fully saturated rings. The fourth-order valence-electron chi connectivity index (χ4n) is 4.78. The summed E-state index contributed by atoms with van der Waals surface area (Å²) in [6.07, 6.45) is 5.90. The van der Waals surface area contributed by atoms with Gasteiger partial charge in [-0.2, -0.15) is 0 Å². The van der Waals surface area contributed by atoms with Crippen LogP contribution in [0.4, 0.5) is 0 Å². The van der Waals surface area contributed by atoms with Crippen molar-refractivity contribution >= 4 is 5.91 Å². The number of fused-ring (bicyclic) bond motifs is 3. The van der Waals surface area contributed by atoms with Gasteiger partial charge in [0.1, 0.15) is 17.5 Å². The minimum atomic E-state index is 0.128.